The Morgan fingerprint density at radius 1 is 1.33 bits per heavy atom. The quantitative estimate of drug-likeness (QED) is 0.914. The van der Waals surface area contributed by atoms with Crippen LogP contribution in [0.2, 0.25) is 0 Å². The second-order valence-electron chi connectivity index (χ2n) is 5.46. The standard InChI is InChI=1S/C16H22N2O3/c1-12-4-3-5-15(10-12)21-11-16(20)18-8-6-14(7-9-18)17-13(2)19/h3-5,10,14H,6-9,11H2,1-2H3,(H,17,19). The lowest BCUT2D eigenvalue weighted by Gasteiger charge is -2.32. The summed E-state index contributed by atoms with van der Waals surface area (Å²) >= 11 is 0. The Morgan fingerprint density at radius 3 is 2.67 bits per heavy atom. The molecule has 1 aromatic carbocycles. The largest absolute Gasteiger partial charge is 0.484 e. The van der Waals surface area contributed by atoms with E-state index in [0.29, 0.717) is 13.1 Å². The summed E-state index contributed by atoms with van der Waals surface area (Å²) in [4.78, 5) is 24.9. The predicted molar refractivity (Wildman–Crippen MR) is 80.1 cm³/mol. The van der Waals surface area contributed by atoms with Gasteiger partial charge in [0.05, 0.1) is 0 Å². The van der Waals surface area contributed by atoms with E-state index in [1.807, 2.05) is 31.2 Å². The van der Waals surface area contributed by atoms with Gasteiger partial charge in [-0.1, -0.05) is 12.1 Å². The number of nitrogens with one attached hydrogen (secondary N) is 1. The van der Waals surface area contributed by atoms with E-state index >= 15 is 0 Å². The molecule has 1 aliphatic rings. The number of ether oxygens (including phenoxy) is 1. The summed E-state index contributed by atoms with van der Waals surface area (Å²) in [5.74, 6) is 0.705. The fourth-order valence-corrected chi connectivity index (χ4v) is 2.50. The molecule has 0 radical (unpaired) electrons. The van der Waals surface area contributed by atoms with Gasteiger partial charge in [-0.05, 0) is 37.5 Å². The van der Waals surface area contributed by atoms with E-state index < -0.39 is 0 Å². The zero-order valence-electron chi connectivity index (χ0n) is 12.6. The number of hydrogen-bond donors (Lipinski definition) is 1. The smallest absolute Gasteiger partial charge is 0.260 e. The highest BCUT2D eigenvalue weighted by Crippen LogP contribution is 2.14. The highest BCUT2D eigenvalue weighted by molar-refractivity contribution is 5.78. The van der Waals surface area contributed by atoms with Crippen LogP contribution in [0.4, 0.5) is 0 Å². The van der Waals surface area contributed by atoms with Crippen LogP contribution in [0.15, 0.2) is 24.3 Å². The third kappa shape index (κ3) is 4.77. The molecule has 1 saturated heterocycles. The first-order chi connectivity index (χ1) is 10.0. The van der Waals surface area contributed by atoms with Gasteiger partial charge in [0.2, 0.25) is 5.91 Å². The molecule has 0 aliphatic carbocycles. The fourth-order valence-electron chi connectivity index (χ4n) is 2.50. The number of carbonyl (C=O) groups excluding carboxylic acids is 2. The fraction of sp³-hybridized carbons (Fsp3) is 0.500. The van der Waals surface area contributed by atoms with Crippen LogP contribution in [-0.2, 0) is 9.59 Å². The van der Waals surface area contributed by atoms with Gasteiger partial charge in [0.25, 0.3) is 5.91 Å². The van der Waals surface area contributed by atoms with Gasteiger partial charge in [-0.15, -0.1) is 0 Å². The summed E-state index contributed by atoms with van der Waals surface area (Å²) in [6.07, 6.45) is 1.60. The first-order valence-electron chi connectivity index (χ1n) is 7.29. The third-order valence-corrected chi connectivity index (χ3v) is 3.61. The van der Waals surface area contributed by atoms with E-state index in [4.69, 9.17) is 4.74 Å². The zero-order chi connectivity index (χ0) is 15.2. The number of benzene rings is 1. The van der Waals surface area contributed by atoms with Crippen molar-refractivity contribution in [3.05, 3.63) is 29.8 Å². The molecule has 0 aromatic heterocycles. The number of amides is 2. The summed E-state index contributed by atoms with van der Waals surface area (Å²) in [5, 5.41) is 2.90. The summed E-state index contributed by atoms with van der Waals surface area (Å²) in [6, 6.07) is 7.85. The molecule has 1 fully saturated rings. The molecular formula is C16H22N2O3. The van der Waals surface area contributed by atoms with Crippen molar-refractivity contribution in [2.24, 2.45) is 0 Å². The van der Waals surface area contributed by atoms with Crippen LogP contribution < -0.4 is 10.1 Å². The second kappa shape index (κ2) is 7.11. The molecule has 2 amide bonds. The first kappa shape index (κ1) is 15.4. The van der Waals surface area contributed by atoms with E-state index in [9.17, 15) is 9.59 Å². The molecule has 5 heteroatoms. The van der Waals surface area contributed by atoms with Gasteiger partial charge in [-0.3, -0.25) is 9.59 Å². The number of aryl methyl sites for hydroxylation is 1. The van der Waals surface area contributed by atoms with E-state index in [-0.39, 0.29) is 24.5 Å². The van der Waals surface area contributed by atoms with E-state index in [0.717, 1.165) is 24.2 Å². The summed E-state index contributed by atoms with van der Waals surface area (Å²) in [7, 11) is 0. The van der Waals surface area contributed by atoms with E-state index in [1.54, 1.807) is 4.90 Å². The molecule has 0 atom stereocenters. The topological polar surface area (TPSA) is 58.6 Å². The molecule has 0 spiro atoms. The Hall–Kier alpha value is -2.04. The maximum atomic E-state index is 12.1. The van der Waals surface area contributed by atoms with Crippen LogP contribution >= 0.6 is 0 Å². The van der Waals surface area contributed by atoms with Crippen molar-refractivity contribution in [3.63, 3.8) is 0 Å². The highest BCUT2D eigenvalue weighted by Gasteiger charge is 2.23. The van der Waals surface area contributed by atoms with Crippen LogP contribution in [-0.4, -0.2) is 42.5 Å². The van der Waals surface area contributed by atoms with Gasteiger partial charge in [-0.2, -0.15) is 0 Å². The maximum Gasteiger partial charge on any atom is 0.260 e. The van der Waals surface area contributed by atoms with Crippen LogP contribution in [0, 0.1) is 6.92 Å². The van der Waals surface area contributed by atoms with Crippen molar-refractivity contribution in [2.75, 3.05) is 19.7 Å². The molecule has 1 aromatic rings. The molecule has 2 rings (SSSR count). The Bertz CT molecular complexity index is 508. The van der Waals surface area contributed by atoms with Crippen molar-refractivity contribution in [3.8, 4) is 5.75 Å². The molecule has 1 aliphatic heterocycles. The van der Waals surface area contributed by atoms with Crippen molar-refractivity contribution in [2.45, 2.75) is 32.7 Å². The number of likely N-dealkylation sites (tertiary alicyclic amines) is 1. The van der Waals surface area contributed by atoms with Crippen molar-refractivity contribution in [1.82, 2.24) is 10.2 Å². The van der Waals surface area contributed by atoms with Gasteiger partial charge < -0.3 is 15.0 Å². The lowest BCUT2D eigenvalue weighted by atomic mass is 10.1. The highest BCUT2D eigenvalue weighted by atomic mass is 16.5. The van der Waals surface area contributed by atoms with Crippen LogP contribution in [0.1, 0.15) is 25.3 Å². The van der Waals surface area contributed by atoms with E-state index in [1.165, 1.54) is 6.92 Å². The average Bonchev–Trinajstić information content (AvgIpc) is 2.45. The monoisotopic (exact) mass is 290 g/mol. The number of hydrogen-bond acceptors (Lipinski definition) is 3. The summed E-state index contributed by atoms with van der Waals surface area (Å²) < 4.78 is 5.53. The van der Waals surface area contributed by atoms with Crippen LogP contribution in [0.3, 0.4) is 0 Å². The summed E-state index contributed by atoms with van der Waals surface area (Å²) in [5.41, 5.74) is 1.11. The second-order valence-corrected chi connectivity index (χ2v) is 5.46. The van der Waals surface area contributed by atoms with Crippen molar-refractivity contribution in [1.29, 1.82) is 0 Å². The molecule has 21 heavy (non-hydrogen) atoms. The minimum atomic E-state index is -0.0115. The van der Waals surface area contributed by atoms with Gasteiger partial charge in [0.1, 0.15) is 5.75 Å². The minimum absolute atomic E-state index is 0.00205. The lowest BCUT2D eigenvalue weighted by molar-refractivity contribution is -0.134. The lowest BCUT2D eigenvalue weighted by Crippen LogP contribution is -2.47. The molecule has 0 bridgehead atoms. The molecule has 114 valence electrons. The van der Waals surface area contributed by atoms with Gasteiger partial charge >= 0.3 is 0 Å². The Morgan fingerprint density at radius 2 is 2.05 bits per heavy atom. The number of carbonyl (C=O) groups is 2. The van der Waals surface area contributed by atoms with Crippen molar-refractivity contribution < 1.29 is 14.3 Å². The predicted octanol–water partition coefficient (Wildman–Crippen LogP) is 1.50. The van der Waals surface area contributed by atoms with Gasteiger partial charge in [0, 0.05) is 26.1 Å². The average molecular weight is 290 g/mol. The first-order valence-corrected chi connectivity index (χ1v) is 7.29. The number of rotatable bonds is 4. The molecule has 1 heterocycles. The minimum Gasteiger partial charge on any atom is -0.484 e. The Kier molecular flexibility index (Phi) is 5.20. The molecule has 0 saturated carbocycles. The molecule has 0 unspecified atom stereocenters. The maximum absolute atomic E-state index is 12.1. The number of piperidine rings is 1. The number of nitrogens with zero attached hydrogens (tertiary/aromatic N) is 1. The van der Waals surface area contributed by atoms with E-state index in [2.05, 4.69) is 5.32 Å². The van der Waals surface area contributed by atoms with Gasteiger partial charge in [0.15, 0.2) is 6.61 Å². The zero-order valence-corrected chi connectivity index (χ0v) is 12.6. The SMILES string of the molecule is CC(=O)NC1CCN(C(=O)COc2cccc(C)c2)CC1. The van der Waals surface area contributed by atoms with Crippen LogP contribution in [0.5, 0.6) is 5.75 Å². The summed E-state index contributed by atoms with van der Waals surface area (Å²) in [6.45, 7) is 4.91. The molecule has 5 nitrogen and oxygen atoms in total. The third-order valence-electron chi connectivity index (χ3n) is 3.61. The van der Waals surface area contributed by atoms with Gasteiger partial charge in [-0.25, -0.2) is 0 Å². The normalized spacial score (nSPS) is 15.6. The van der Waals surface area contributed by atoms with Crippen molar-refractivity contribution >= 4 is 11.8 Å². The Labute approximate surface area is 125 Å². The molecular weight excluding hydrogens is 268 g/mol. The van der Waals surface area contributed by atoms with Crippen LogP contribution in [0.25, 0.3) is 0 Å². The Balaban J connectivity index is 1.76. The molecule has 1 N–H and O–H groups in total.